The van der Waals surface area contributed by atoms with Crippen molar-refractivity contribution in [2.75, 3.05) is 18.0 Å². The molecule has 0 aliphatic carbocycles. The van der Waals surface area contributed by atoms with Crippen LogP contribution in [0.15, 0.2) is 37.1 Å². The zero-order chi connectivity index (χ0) is 12.2. The Morgan fingerprint density at radius 3 is 2.78 bits per heavy atom. The Kier molecular flexibility index (Phi) is 3.12. The number of anilines is 1. The summed E-state index contributed by atoms with van der Waals surface area (Å²) in [5.74, 6) is 2.51. The van der Waals surface area contributed by atoms with Crippen LogP contribution < -0.4 is 4.90 Å². The second kappa shape index (κ2) is 5.08. The zero-order valence-corrected chi connectivity index (χ0v) is 10.1. The third-order valence-corrected chi connectivity index (χ3v) is 3.25. The highest BCUT2D eigenvalue weighted by Gasteiger charge is 2.24. The summed E-state index contributed by atoms with van der Waals surface area (Å²) in [6, 6.07) is 1.85. The van der Waals surface area contributed by atoms with E-state index in [9.17, 15) is 0 Å². The molecule has 3 rings (SSSR count). The van der Waals surface area contributed by atoms with Crippen LogP contribution in [-0.2, 0) is 6.42 Å². The van der Waals surface area contributed by atoms with E-state index in [0.717, 1.165) is 37.6 Å². The van der Waals surface area contributed by atoms with Gasteiger partial charge in [0.25, 0.3) is 0 Å². The van der Waals surface area contributed by atoms with E-state index in [0.29, 0.717) is 5.92 Å². The summed E-state index contributed by atoms with van der Waals surface area (Å²) < 4.78 is 0. The van der Waals surface area contributed by atoms with Gasteiger partial charge in [-0.3, -0.25) is 4.98 Å². The van der Waals surface area contributed by atoms with Gasteiger partial charge >= 0.3 is 0 Å². The average Bonchev–Trinajstić information content (AvgIpc) is 2.89. The van der Waals surface area contributed by atoms with Crippen molar-refractivity contribution in [1.29, 1.82) is 0 Å². The van der Waals surface area contributed by atoms with Crippen molar-refractivity contribution in [3.05, 3.63) is 42.9 Å². The summed E-state index contributed by atoms with van der Waals surface area (Å²) in [5, 5.41) is 0. The fourth-order valence-electron chi connectivity index (χ4n) is 2.36. The van der Waals surface area contributed by atoms with E-state index in [-0.39, 0.29) is 0 Å². The van der Waals surface area contributed by atoms with Crippen molar-refractivity contribution in [3.8, 4) is 0 Å². The predicted octanol–water partition coefficient (Wildman–Crippen LogP) is 1.34. The second-order valence-electron chi connectivity index (χ2n) is 4.53. The summed E-state index contributed by atoms with van der Waals surface area (Å²) in [6.07, 6.45) is 11.0. The van der Waals surface area contributed by atoms with Gasteiger partial charge in [-0.1, -0.05) is 0 Å². The molecule has 18 heavy (non-hydrogen) atoms. The molecule has 0 aromatic carbocycles. The maximum Gasteiger partial charge on any atom is 0.147 e. The van der Waals surface area contributed by atoms with E-state index in [4.69, 9.17) is 0 Å². The van der Waals surface area contributed by atoms with E-state index >= 15 is 0 Å². The van der Waals surface area contributed by atoms with Crippen LogP contribution in [0.2, 0.25) is 0 Å². The third-order valence-electron chi connectivity index (χ3n) is 3.25. The van der Waals surface area contributed by atoms with Crippen molar-refractivity contribution in [2.24, 2.45) is 5.92 Å². The first-order chi connectivity index (χ1) is 8.92. The topological polar surface area (TPSA) is 54.8 Å². The van der Waals surface area contributed by atoms with Gasteiger partial charge in [-0.05, 0) is 18.4 Å². The molecule has 1 atom stereocenters. The van der Waals surface area contributed by atoms with Crippen LogP contribution in [0, 0.1) is 5.92 Å². The number of nitrogens with zero attached hydrogens (tertiary/aromatic N) is 5. The Balaban J connectivity index is 1.62. The fourth-order valence-corrected chi connectivity index (χ4v) is 2.36. The maximum absolute atomic E-state index is 4.33. The second-order valence-corrected chi connectivity index (χ2v) is 4.53. The molecule has 1 saturated heterocycles. The highest BCUT2D eigenvalue weighted by Crippen LogP contribution is 2.23. The molecule has 1 aliphatic heterocycles. The number of hydrogen-bond acceptors (Lipinski definition) is 5. The summed E-state index contributed by atoms with van der Waals surface area (Å²) in [6.45, 7) is 2.05. The maximum atomic E-state index is 4.33. The van der Waals surface area contributed by atoms with Crippen LogP contribution in [0.1, 0.15) is 12.2 Å². The lowest BCUT2D eigenvalue weighted by atomic mass is 10.0. The number of aromatic nitrogens is 4. The fraction of sp³-hybridized carbons (Fsp3) is 0.385. The average molecular weight is 241 g/mol. The zero-order valence-electron chi connectivity index (χ0n) is 10.1. The van der Waals surface area contributed by atoms with Crippen LogP contribution in [0.4, 0.5) is 5.82 Å². The van der Waals surface area contributed by atoms with Gasteiger partial charge in [0.2, 0.25) is 0 Å². The number of hydrogen-bond donors (Lipinski definition) is 0. The highest BCUT2D eigenvalue weighted by atomic mass is 15.2. The molecule has 0 amide bonds. The largest absolute Gasteiger partial charge is 0.355 e. The molecule has 0 radical (unpaired) electrons. The van der Waals surface area contributed by atoms with Gasteiger partial charge in [-0.25, -0.2) is 15.0 Å². The van der Waals surface area contributed by atoms with E-state index in [1.165, 1.54) is 0 Å². The molecule has 0 bridgehead atoms. The predicted molar refractivity (Wildman–Crippen MR) is 68.1 cm³/mol. The van der Waals surface area contributed by atoms with Gasteiger partial charge in [0.1, 0.15) is 11.6 Å². The molecule has 0 saturated carbocycles. The van der Waals surface area contributed by atoms with Crippen LogP contribution in [0.3, 0.4) is 0 Å². The van der Waals surface area contributed by atoms with Crippen LogP contribution in [0.25, 0.3) is 0 Å². The Labute approximate surface area is 106 Å². The van der Waals surface area contributed by atoms with Gasteiger partial charge in [-0.2, -0.15) is 0 Å². The first-order valence-electron chi connectivity index (χ1n) is 6.18. The van der Waals surface area contributed by atoms with E-state index in [1.54, 1.807) is 24.8 Å². The lowest BCUT2D eigenvalue weighted by Gasteiger charge is -2.16. The molecule has 2 aromatic heterocycles. The smallest absolute Gasteiger partial charge is 0.147 e. The molecule has 5 heteroatoms. The molecule has 1 fully saturated rings. The molecule has 1 aliphatic rings. The summed E-state index contributed by atoms with van der Waals surface area (Å²) in [5.41, 5.74) is 0. The van der Waals surface area contributed by atoms with E-state index in [1.807, 2.05) is 12.3 Å². The molecule has 5 nitrogen and oxygen atoms in total. The van der Waals surface area contributed by atoms with Crippen molar-refractivity contribution in [1.82, 2.24) is 19.9 Å². The van der Waals surface area contributed by atoms with Crippen molar-refractivity contribution < 1.29 is 0 Å². The molecule has 0 N–H and O–H groups in total. The third kappa shape index (κ3) is 2.45. The normalized spacial score (nSPS) is 19.1. The minimum atomic E-state index is 0.606. The molecular formula is C13H15N5. The van der Waals surface area contributed by atoms with E-state index in [2.05, 4.69) is 24.8 Å². The van der Waals surface area contributed by atoms with Crippen molar-refractivity contribution in [2.45, 2.75) is 12.8 Å². The first kappa shape index (κ1) is 11.1. The van der Waals surface area contributed by atoms with Crippen LogP contribution in [0.5, 0.6) is 0 Å². The molecule has 0 unspecified atom stereocenters. The standard InChI is InChI=1S/C13H15N5/c1-3-15-12(16-4-1)8-11-2-7-18(10-11)13-9-14-5-6-17-13/h1,3-6,9,11H,2,7-8,10H2/t11-/m1/s1. The molecular weight excluding hydrogens is 226 g/mol. The molecule has 2 aromatic rings. The summed E-state index contributed by atoms with van der Waals surface area (Å²) in [4.78, 5) is 19.3. The molecule has 0 spiro atoms. The lowest BCUT2D eigenvalue weighted by molar-refractivity contribution is 0.566. The molecule has 92 valence electrons. The van der Waals surface area contributed by atoms with Gasteiger partial charge in [-0.15, -0.1) is 0 Å². The lowest BCUT2D eigenvalue weighted by Crippen LogP contribution is -2.21. The first-order valence-corrected chi connectivity index (χ1v) is 6.18. The van der Waals surface area contributed by atoms with Crippen LogP contribution in [-0.4, -0.2) is 33.0 Å². The van der Waals surface area contributed by atoms with Gasteiger partial charge < -0.3 is 4.90 Å². The Morgan fingerprint density at radius 2 is 2.00 bits per heavy atom. The van der Waals surface area contributed by atoms with Gasteiger partial charge in [0.15, 0.2) is 0 Å². The Bertz CT molecular complexity index is 487. The SMILES string of the molecule is c1cnc(C[C@H]2CCN(c3cnccn3)C2)nc1. The van der Waals surface area contributed by atoms with E-state index < -0.39 is 0 Å². The van der Waals surface area contributed by atoms with Crippen molar-refractivity contribution in [3.63, 3.8) is 0 Å². The quantitative estimate of drug-likeness (QED) is 0.811. The van der Waals surface area contributed by atoms with Gasteiger partial charge in [0, 0.05) is 44.3 Å². The van der Waals surface area contributed by atoms with Gasteiger partial charge in [0.05, 0.1) is 6.20 Å². The van der Waals surface area contributed by atoms with Crippen molar-refractivity contribution >= 4 is 5.82 Å². The van der Waals surface area contributed by atoms with Crippen LogP contribution >= 0.6 is 0 Å². The Morgan fingerprint density at radius 1 is 1.11 bits per heavy atom. The Hall–Kier alpha value is -2.04. The highest BCUT2D eigenvalue weighted by molar-refractivity contribution is 5.36. The number of rotatable bonds is 3. The summed E-state index contributed by atoms with van der Waals surface area (Å²) >= 11 is 0. The minimum absolute atomic E-state index is 0.606. The summed E-state index contributed by atoms with van der Waals surface area (Å²) in [7, 11) is 0. The monoisotopic (exact) mass is 241 g/mol. The molecule has 3 heterocycles. The minimum Gasteiger partial charge on any atom is -0.355 e.